The predicted octanol–water partition coefficient (Wildman–Crippen LogP) is 9.00. The lowest BCUT2D eigenvalue weighted by Crippen LogP contribution is -2.28. The normalized spacial score (nSPS) is 19.9. The quantitative estimate of drug-likeness (QED) is 0.101. The van der Waals surface area contributed by atoms with Crippen LogP contribution in [0.2, 0.25) is 0 Å². The first-order chi connectivity index (χ1) is 24.5. The summed E-state index contributed by atoms with van der Waals surface area (Å²) in [6.45, 7) is 10.1. The number of allylic oxidation sites excluding steroid dienone is 8. The highest BCUT2D eigenvalue weighted by molar-refractivity contribution is 7.86. The van der Waals surface area contributed by atoms with E-state index in [0.717, 1.165) is 57.2 Å². The molecule has 0 aromatic heterocycles. The number of nitrogens with zero attached hydrogens (tertiary/aromatic N) is 2. The fourth-order valence-corrected chi connectivity index (χ4v) is 9.41. The minimum Gasteiger partial charge on any atom is -0.344 e. The monoisotopic (exact) mass is 763 g/mol. The number of halogens is 1. The summed E-state index contributed by atoms with van der Waals surface area (Å²) in [4.78, 5) is 2.29. The Morgan fingerprint density at radius 1 is 0.769 bits per heavy atom. The van der Waals surface area contributed by atoms with E-state index in [4.69, 9.17) is 11.6 Å². The van der Waals surface area contributed by atoms with Crippen molar-refractivity contribution in [1.29, 1.82) is 0 Å². The van der Waals surface area contributed by atoms with Crippen LogP contribution in [-0.2, 0) is 31.1 Å². The van der Waals surface area contributed by atoms with Gasteiger partial charge in [0.15, 0.2) is 5.71 Å². The van der Waals surface area contributed by atoms with Gasteiger partial charge in [0.2, 0.25) is 5.69 Å². The zero-order chi connectivity index (χ0) is 37.5. The third-order valence-electron chi connectivity index (χ3n) is 10.7. The van der Waals surface area contributed by atoms with Gasteiger partial charge in [0.05, 0.1) is 16.9 Å². The van der Waals surface area contributed by atoms with Crippen LogP contribution in [0.1, 0.15) is 77.3 Å². The number of unbranched alkanes of at least 4 members (excludes halogenated alkanes) is 2. The SMILES string of the molecule is CC1(C)C(/C=C/C2=C(Cl)C(=C\C=C3/N(CCCCS(=O)(=O)O)c4cc5ccccc5cc4C3(C)C)/CC2)=[N+](CCCCS(=O)(=O)O)c2ccccc21. The molecule has 11 heteroatoms. The molecule has 0 unspecified atom stereocenters. The van der Waals surface area contributed by atoms with Gasteiger partial charge in [-0.25, -0.2) is 0 Å². The summed E-state index contributed by atoms with van der Waals surface area (Å²) >= 11 is 7.10. The zero-order valence-electron chi connectivity index (χ0n) is 30.3. The number of benzene rings is 3. The summed E-state index contributed by atoms with van der Waals surface area (Å²) in [6, 6.07) is 21.1. The Kier molecular flexibility index (Phi) is 10.8. The van der Waals surface area contributed by atoms with Gasteiger partial charge in [-0.05, 0) is 91.6 Å². The van der Waals surface area contributed by atoms with E-state index >= 15 is 0 Å². The molecule has 0 fully saturated rings. The maximum atomic E-state index is 11.4. The molecule has 2 N–H and O–H groups in total. The van der Waals surface area contributed by atoms with E-state index in [9.17, 15) is 25.9 Å². The molecule has 0 saturated heterocycles. The maximum Gasteiger partial charge on any atom is 0.264 e. The van der Waals surface area contributed by atoms with Crippen molar-refractivity contribution in [3.8, 4) is 0 Å². The van der Waals surface area contributed by atoms with Crippen molar-refractivity contribution in [2.24, 2.45) is 0 Å². The molecule has 8 nitrogen and oxygen atoms in total. The van der Waals surface area contributed by atoms with Crippen LogP contribution in [0.15, 0.2) is 107 Å². The van der Waals surface area contributed by atoms with Gasteiger partial charge in [0, 0.05) is 52.5 Å². The minimum atomic E-state index is -4.02. The molecule has 3 aromatic carbocycles. The number of hydrogen-bond donors (Lipinski definition) is 2. The number of rotatable bonds is 13. The van der Waals surface area contributed by atoms with Crippen molar-refractivity contribution in [2.45, 2.75) is 77.0 Å². The Morgan fingerprint density at radius 3 is 2.10 bits per heavy atom. The van der Waals surface area contributed by atoms with E-state index in [1.165, 1.54) is 16.5 Å². The summed E-state index contributed by atoms with van der Waals surface area (Å²) in [5.41, 5.74) is 8.37. The third kappa shape index (κ3) is 8.01. The molecule has 2 aliphatic heterocycles. The van der Waals surface area contributed by atoms with Gasteiger partial charge in [0.25, 0.3) is 20.2 Å². The van der Waals surface area contributed by atoms with Crippen LogP contribution in [0.25, 0.3) is 10.8 Å². The van der Waals surface area contributed by atoms with Crippen LogP contribution in [0, 0.1) is 0 Å². The highest BCUT2D eigenvalue weighted by Crippen LogP contribution is 2.50. The second kappa shape index (κ2) is 14.7. The van der Waals surface area contributed by atoms with Gasteiger partial charge in [-0.15, -0.1) is 0 Å². The van der Waals surface area contributed by atoms with Crippen molar-refractivity contribution in [3.05, 3.63) is 118 Å². The van der Waals surface area contributed by atoms with E-state index in [1.54, 1.807) is 0 Å². The lowest BCUT2D eigenvalue weighted by atomic mass is 9.81. The van der Waals surface area contributed by atoms with Gasteiger partial charge < -0.3 is 4.90 Å². The van der Waals surface area contributed by atoms with Crippen molar-refractivity contribution in [2.75, 3.05) is 29.5 Å². The Balaban J connectivity index is 1.30. The van der Waals surface area contributed by atoms with Crippen molar-refractivity contribution in [1.82, 2.24) is 0 Å². The van der Waals surface area contributed by atoms with Crippen molar-refractivity contribution < 1.29 is 30.5 Å². The smallest absolute Gasteiger partial charge is 0.264 e. The maximum absolute atomic E-state index is 11.4. The Morgan fingerprint density at radius 2 is 1.40 bits per heavy atom. The summed E-state index contributed by atoms with van der Waals surface area (Å²) in [5, 5.41) is 3.04. The number of anilines is 1. The third-order valence-corrected chi connectivity index (χ3v) is 12.8. The van der Waals surface area contributed by atoms with Crippen molar-refractivity contribution in [3.63, 3.8) is 0 Å². The molecular formula is C41H48ClN2O6S2+. The van der Waals surface area contributed by atoms with E-state index in [-0.39, 0.29) is 22.3 Å². The molecule has 3 aromatic rings. The highest BCUT2D eigenvalue weighted by Gasteiger charge is 2.44. The summed E-state index contributed by atoms with van der Waals surface area (Å²) < 4.78 is 66.3. The molecule has 1 aliphatic carbocycles. The Bertz CT molecular complexity index is 2280. The van der Waals surface area contributed by atoms with Gasteiger partial charge in [-0.2, -0.15) is 21.4 Å². The van der Waals surface area contributed by atoms with Gasteiger partial charge in [-0.3, -0.25) is 9.11 Å². The zero-order valence-corrected chi connectivity index (χ0v) is 32.7. The summed E-state index contributed by atoms with van der Waals surface area (Å²) in [6.07, 6.45) is 12.1. The van der Waals surface area contributed by atoms with Crippen molar-refractivity contribution >= 4 is 59.7 Å². The van der Waals surface area contributed by atoms with Gasteiger partial charge in [0.1, 0.15) is 6.54 Å². The molecule has 3 aliphatic rings. The average Bonchev–Trinajstić information content (AvgIpc) is 3.60. The summed E-state index contributed by atoms with van der Waals surface area (Å²) in [5.74, 6) is -0.514. The molecule has 276 valence electrons. The topological polar surface area (TPSA) is 115 Å². The first-order valence-corrected chi connectivity index (χ1v) is 21.5. The van der Waals surface area contributed by atoms with Crippen LogP contribution in [0.4, 0.5) is 11.4 Å². The largest absolute Gasteiger partial charge is 0.344 e. The van der Waals surface area contributed by atoms with Gasteiger partial charge >= 0.3 is 0 Å². The second-order valence-corrected chi connectivity index (χ2v) is 18.6. The van der Waals surface area contributed by atoms with E-state index in [0.29, 0.717) is 38.8 Å². The van der Waals surface area contributed by atoms with E-state index in [2.05, 4.69) is 97.9 Å². The molecule has 52 heavy (non-hydrogen) atoms. The lowest BCUT2D eigenvalue weighted by Gasteiger charge is -2.27. The molecular weight excluding hydrogens is 716 g/mol. The molecule has 0 spiro atoms. The van der Waals surface area contributed by atoms with E-state index < -0.39 is 20.2 Å². The van der Waals surface area contributed by atoms with Crippen LogP contribution < -0.4 is 4.90 Å². The molecule has 0 atom stereocenters. The first kappa shape index (κ1) is 38.2. The number of fused-ring (bicyclic) bond motifs is 3. The standard InChI is InChI=1S/C41H47ClN2O6S2/c1-40(2)33-15-7-8-16-35(33)43(23-9-11-25-51(45,46)47)37(40)21-19-29-17-18-30(39(29)42)20-22-38-41(3,4)34-27-31-13-5-6-14-32(31)28-36(34)44(38)24-10-12-26-52(48,49)50/h5-8,13-16,19-22,27-28H,9-12,17-18,23-26H2,1-4H3,(H-,45,46,47,48,49,50)/p+1. The molecule has 2 heterocycles. The second-order valence-electron chi connectivity index (χ2n) is 15.1. The van der Waals surface area contributed by atoms with Crippen LogP contribution in [0.5, 0.6) is 0 Å². The summed E-state index contributed by atoms with van der Waals surface area (Å²) in [7, 11) is -8.03. The fourth-order valence-electron chi connectivity index (χ4n) is 7.95. The Hall–Kier alpha value is -3.54. The number of hydrogen-bond acceptors (Lipinski definition) is 5. The minimum absolute atomic E-state index is 0.253. The van der Waals surface area contributed by atoms with Crippen LogP contribution in [-0.4, -0.2) is 60.8 Å². The fraction of sp³-hybridized carbons (Fsp3) is 0.390. The highest BCUT2D eigenvalue weighted by atomic mass is 35.5. The average molecular weight is 764 g/mol. The lowest BCUT2D eigenvalue weighted by molar-refractivity contribution is -0.438. The molecule has 0 radical (unpaired) electrons. The van der Waals surface area contributed by atoms with Gasteiger partial charge in [-0.1, -0.05) is 80.1 Å². The predicted molar refractivity (Wildman–Crippen MR) is 212 cm³/mol. The number of para-hydroxylation sites is 1. The molecule has 0 amide bonds. The van der Waals surface area contributed by atoms with E-state index in [1.807, 2.05) is 24.3 Å². The van der Waals surface area contributed by atoms with Crippen LogP contribution in [0.3, 0.4) is 0 Å². The molecule has 0 bridgehead atoms. The van der Waals surface area contributed by atoms with Crippen LogP contribution >= 0.6 is 11.6 Å². The Labute approximate surface area is 313 Å². The molecule has 0 saturated carbocycles. The molecule has 6 rings (SSSR count). The first-order valence-electron chi connectivity index (χ1n) is 17.9.